The SMILES string of the molecule is CCc1ccc(NC(=O)C2(C)CC=C(NCC(=O)N3C[C@@H](F)C[C@H]3C#N)CC2)cc1. The van der Waals surface area contributed by atoms with E-state index in [0.29, 0.717) is 19.3 Å². The molecule has 3 rings (SSSR count). The molecule has 0 bridgehead atoms. The molecule has 1 saturated heterocycles. The number of alkyl halides is 1. The predicted octanol–water partition coefficient (Wildman–Crippen LogP) is 3.31. The summed E-state index contributed by atoms with van der Waals surface area (Å²) in [5, 5.41) is 15.2. The molecule has 2 N–H and O–H groups in total. The molecule has 3 atom stereocenters. The number of amides is 2. The van der Waals surface area contributed by atoms with Gasteiger partial charge in [-0.1, -0.05) is 32.1 Å². The monoisotopic (exact) mass is 412 g/mol. The summed E-state index contributed by atoms with van der Waals surface area (Å²) in [7, 11) is 0. The molecule has 0 radical (unpaired) electrons. The zero-order chi connectivity index (χ0) is 21.7. The molecule has 1 aromatic rings. The number of nitriles is 1. The van der Waals surface area contributed by atoms with Gasteiger partial charge in [-0.15, -0.1) is 0 Å². The number of hydrogen-bond donors (Lipinski definition) is 2. The molecule has 1 heterocycles. The predicted molar refractivity (Wildman–Crippen MR) is 113 cm³/mol. The summed E-state index contributed by atoms with van der Waals surface area (Å²) in [6.07, 6.45) is 3.75. The number of anilines is 1. The molecule has 2 amide bonds. The van der Waals surface area contributed by atoms with Gasteiger partial charge in [-0.3, -0.25) is 9.59 Å². The van der Waals surface area contributed by atoms with Gasteiger partial charge in [0, 0.05) is 17.8 Å². The summed E-state index contributed by atoms with van der Waals surface area (Å²) in [6.45, 7) is 4.05. The highest BCUT2D eigenvalue weighted by Gasteiger charge is 2.36. The number of carbonyl (C=O) groups is 2. The fraction of sp³-hybridized carbons (Fsp3) is 0.522. The van der Waals surface area contributed by atoms with Crippen LogP contribution >= 0.6 is 0 Å². The maximum Gasteiger partial charge on any atom is 0.243 e. The molecule has 0 aromatic heterocycles. The first-order chi connectivity index (χ1) is 14.3. The van der Waals surface area contributed by atoms with Gasteiger partial charge in [0.2, 0.25) is 11.8 Å². The molecule has 0 spiro atoms. The number of likely N-dealkylation sites (tertiary alicyclic amines) is 1. The minimum Gasteiger partial charge on any atom is -0.380 e. The van der Waals surface area contributed by atoms with Crippen LogP contribution in [0.3, 0.4) is 0 Å². The molecule has 1 aromatic carbocycles. The summed E-state index contributed by atoms with van der Waals surface area (Å²) in [5.41, 5.74) is 2.41. The molecular weight excluding hydrogens is 383 g/mol. The number of benzene rings is 1. The molecule has 2 aliphatic rings. The van der Waals surface area contributed by atoms with E-state index < -0.39 is 17.6 Å². The summed E-state index contributed by atoms with van der Waals surface area (Å²) in [5.74, 6) is -0.287. The van der Waals surface area contributed by atoms with Crippen molar-refractivity contribution >= 4 is 17.5 Å². The highest BCUT2D eigenvalue weighted by molar-refractivity contribution is 5.95. The summed E-state index contributed by atoms with van der Waals surface area (Å²) in [4.78, 5) is 26.5. The number of nitrogens with one attached hydrogen (secondary N) is 2. The van der Waals surface area contributed by atoms with Crippen molar-refractivity contribution in [3.8, 4) is 6.07 Å². The third-order valence-corrected chi connectivity index (χ3v) is 6.10. The van der Waals surface area contributed by atoms with E-state index in [-0.39, 0.29) is 31.3 Å². The van der Waals surface area contributed by atoms with Crippen molar-refractivity contribution < 1.29 is 14.0 Å². The summed E-state index contributed by atoms with van der Waals surface area (Å²) < 4.78 is 13.5. The second-order valence-corrected chi connectivity index (χ2v) is 8.38. The van der Waals surface area contributed by atoms with E-state index in [1.165, 1.54) is 10.5 Å². The minimum atomic E-state index is -1.13. The van der Waals surface area contributed by atoms with Crippen LogP contribution in [0, 0.1) is 16.7 Å². The lowest BCUT2D eigenvalue weighted by molar-refractivity contribution is -0.130. The Morgan fingerprint density at radius 3 is 2.67 bits per heavy atom. The van der Waals surface area contributed by atoms with Gasteiger partial charge >= 0.3 is 0 Å². The van der Waals surface area contributed by atoms with Crippen molar-refractivity contribution in [2.24, 2.45) is 5.41 Å². The first-order valence-electron chi connectivity index (χ1n) is 10.5. The third-order valence-electron chi connectivity index (χ3n) is 6.10. The van der Waals surface area contributed by atoms with Crippen LogP contribution in [0.4, 0.5) is 10.1 Å². The molecule has 0 saturated carbocycles. The quantitative estimate of drug-likeness (QED) is 0.751. The Bertz CT molecular complexity index is 861. The number of hydrogen-bond acceptors (Lipinski definition) is 4. The van der Waals surface area contributed by atoms with Gasteiger partial charge in [0.1, 0.15) is 12.2 Å². The summed E-state index contributed by atoms with van der Waals surface area (Å²) in [6, 6.07) is 9.18. The van der Waals surface area contributed by atoms with E-state index in [1.807, 2.05) is 43.3 Å². The average Bonchev–Trinajstić information content (AvgIpc) is 3.14. The molecule has 1 aliphatic heterocycles. The molecule has 1 fully saturated rings. The van der Waals surface area contributed by atoms with Gasteiger partial charge in [-0.2, -0.15) is 5.26 Å². The van der Waals surface area contributed by atoms with Crippen molar-refractivity contribution in [1.82, 2.24) is 10.2 Å². The lowest BCUT2D eigenvalue weighted by atomic mass is 9.77. The van der Waals surface area contributed by atoms with Gasteiger partial charge in [0.15, 0.2) is 0 Å². The fourth-order valence-corrected chi connectivity index (χ4v) is 3.91. The van der Waals surface area contributed by atoms with Crippen LogP contribution in [-0.4, -0.2) is 42.0 Å². The van der Waals surface area contributed by atoms with Gasteiger partial charge in [-0.25, -0.2) is 4.39 Å². The fourth-order valence-electron chi connectivity index (χ4n) is 3.91. The Hall–Kier alpha value is -2.88. The van der Waals surface area contributed by atoms with E-state index in [2.05, 4.69) is 17.6 Å². The van der Waals surface area contributed by atoms with E-state index in [4.69, 9.17) is 5.26 Å². The Labute approximate surface area is 177 Å². The number of rotatable bonds is 6. The Kier molecular flexibility index (Phi) is 6.76. The number of allylic oxidation sites excluding steroid dienone is 2. The molecule has 30 heavy (non-hydrogen) atoms. The highest BCUT2D eigenvalue weighted by Crippen LogP contribution is 2.35. The Morgan fingerprint density at radius 2 is 2.07 bits per heavy atom. The number of aryl methyl sites for hydroxylation is 1. The largest absolute Gasteiger partial charge is 0.380 e. The van der Waals surface area contributed by atoms with E-state index in [1.54, 1.807) is 0 Å². The van der Waals surface area contributed by atoms with Crippen LogP contribution in [0.2, 0.25) is 0 Å². The first-order valence-corrected chi connectivity index (χ1v) is 10.5. The van der Waals surface area contributed by atoms with Crippen LogP contribution < -0.4 is 10.6 Å². The summed E-state index contributed by atoms with van der Waals surface area (Å²) >= 11 is 0. The average molecular weight is 413 g/mol. The van der Waals surface area contributed by atoms with Crippen molar-refractivity contribution in [3.05, 3.63) is 41.6 Å². The van der Waals surface area contributed by atoms with Gasteiger partial charge in [-0.05, 0) is 43.4 Å². The van der Waals surface area contributed by atoms with Crippen LogP contribution in [0.15, 0.2) is 36.0 Å². The van der Waals surface area contributed by atoms with Crippen LogP contribution in [-0.2, 0) is 16.0 Å². The topological polar surface area (TPSA) is 85.2 Å². The second kappa shape index (κ2) is 9.29. The molecule has 160 valence electrons. The van der Waals surface area contributed by atoms with Crippen molar-refractivity contribution in [2.75, 3.05) is 18.4 Å². The molecule has 7 heteroatoms. The lowest BCUT2D eigenvalue weighted by Gasteiger charge is -2.32. The molecule has 6 nitrogen and oxygen atoms in total. The Morgan fingerprint density at radius 1 is 1.33 bits per heavy atom. The Balaban J connectivity index is 1.51. The second-order valence-electron chi connectivity index (χ2n) is 8.38. The molecule has 1 aliphatic carbocycles. The number of halogens is 1. The number of carbonyl (C=O) groups excluding carboxylic acids is 2. The highest BCUT2D eigenvalue weighted by atomic mass is 19.1. The standard InChI is InChI=1S/C23H29FN4O2/c1-3-16-4-6-19(7-5-16)27-22(30)23(2)10-8-18(9-11-23)26-14-21(29)28-15-17(24)12-20(28)13-25/h4-8,17,20,26H,3,9-12,14-15H2,1-2H3,(H,27,30)/t17-,20-,23?/m0/s1. The third kappa shape index (κ3) is 4.99. The van der Waals surface area contributed by atoms with Crippen LogP contribution in [0.1, 0.15) is 45.1 Å². The lowest BCUT2D eigenvalue weighted by Crippen LogP contribution is -2.41. The van der Waals surface area contributed by atoms with E-state index in [0.717, 1.165) is 17.8 Å². The normalized spacial score (nSPS) is 25.9. The first kappa shape index (κ1) is 21.8. The minimum absolute atomic E-state index is 0.0129. The van der Waals surface area contributed by atoms with Crippen LogP contribution in [0.5, 0.6) is 0 Å². The van der Waals surface area contributed by atoms with Crippen molar-refractivity contribution in [2.45, 2.75) is 58.2 Å². The molecular formula is C23H29FN4O2. The van der Waals surface area contributed by atoms with Gasteiger partial charge < -0.3 is 15.5 Å². The van der Waals surface area contributed by atoms with Crippen LogP contribution in [0.25, 0.3) is 0 Å². The van der Waals surface area contributed by atoms with Gasteiger partial charge in [0.25, 0.3) is 0 Å². The zero-order valence-electron chi connectivity index (χ0n) is 17.6. The zero-order valence-corrected chi connectivity index (χ0v) is 17.6. The maximum atomic E-state index is 13.5. The number of nitrogens with zero attached hydrogens (tertiary/aromatic N) is 2. The van der Waals surface area contributed by atoms with Crippen molar-refractivity contribution in [1.29, 1.82) is 5.26 Å². The smallest absolute Gasteiger partial charge is 0.243 e. The van der Waals surface area contributed by atoms with Gasteiger partial charge in [0.05, 0.1) is 24.6 Å². The van der Waals surface area contributed by atoms with E-state index in [9.17, 15) is 14.0 Å². The van der Waals surface area contributed by atoms with E-state index >= 15 is 0 Å². The molecule has 1 unspecified atom stereocenters. The maximum absolute atomic E-state index is 13.5. The van der Waals surface area contributed by atoms with Crippen molar-refractivity contribution in [3.63, 3.8) is 0 Å².